The number of aromatic amines is 2. The first-order valence-corrected chi connectivity index (χ1v) is 31.9. The third kappa shape index (κ3) is 25.9. The van der Waals surface area contributed by atoms with Gasteiger partial charge >= 0.3 is 69.7 Å². The van der Waals surface area contributed by atoms with E-state index in [-0.39, 0.29) is 19.0 Å². The van der Waals surface area contributed by atoms with Gasteiger partial charge in [0.25, 0.3) is 11.1 Å². The highest BCUT2D eigenvalue weighted by molar-refractivity contribution is 7.48. The lowest BCUT2D eigenvalue weighted by atomic mass is 9.88. The van der Waals surface area contributed by atoms with Crippen molar-refractivity contribution in [1.29, 1.82) is 0 Å². The van der Waals surface area contributed by atoms with Crippen molar-refractivity contribution in [2.45, 2.75) is 147 Å². The molecule has 2 aliphatic rings. The molecular weight excluding hydrogens is 1410 g/mol. The number of nitrogens with zero attached hydrogens (tertiary/aromatic N) is 2. The minimum Gasteiger partial charge on any atom is -1.00 e. The van der Waals surface area contributed by atoms with E-state index in [1.165, 1.54) is 55.4 Å². The van der Waals surface area contributed by atoms with Crippen LogP contribution in [0.25, 0.3) is 0 Å². The molecule has 0 unspecified atom stereocenters. The number of ether oxygens (including phenoxy) is 13. The maximum Gasteiger partial charge on any atom is 0.510 e. The molecular formula is C54H77ClF2N6O34P2. The zero-order valence-corrected chi connectivity index (χ0v) is 57.2. The van der Waals surface area contributed by atoms with Crippen molar-refractivity contribution >= 4 is 58.3 Å². The molecule has 1 amide bonds. The first kappa shape index (κ1) is 85.3. The van der Waals surface area contributed by atoms with Crippen LogP contribution in [0.15, 0.2) is 74.0 Å². The van der Waals surface area contributed by atoms with Gasteiger partial charge in [0, 0.05) is 24.5 Å². The molecule has 0 aliphatic carbocycles. The second-order valence-corrected chi connectivity index (χ2v) is 25.2. The van der Waals surface area contributed by atoms with Gasteiger partial charge in [0.2, 0.25) is 27.2 Å². The number of hydrogen-bond donors (Lipinski definition) is 6. The Balaban J connectivity index is 0.000000521. The summed E-state index contributed by atoms with van der Waals surface area (Å²) in [6.07, 6.45) is -14.4. The Hall–Kier alpha value is -7.96. The molecule has 45 heteroatoms. The number of phosphoric ester groups is 2. The smallest absolute Gasteiger partial charge is 0.510 e. The van der Waals surface area contributed by atoms with Crippen molar-refractivity contribution in [3.63, 3.8) is 0 Å². The molecule has 2 saturated heterocycles. The summed E-state index contributed by atoms with van der Waals surface area (Å²) in [5, 5.41) is 25.2. The average Bonchev–Trinajstić information content (AvgIpc) is 1.59. The second-order valence-electron chi connectivity index (χ2n) is 21.9. The Morgan fingerprint density at radius 3 is 1.22 bits per heavy atom. The molecule has 99 heavy (non-hydrogen) atoms. The predicted molar refractivity (Wildman–Crippen MR) is 315 cm³/mol. The molecule has 8 N–H and O–H groups in total. The molecule has 5 rings (SSSR count). The third-order valence-electron chi connectivity index (χ3n) is 12.5. The number of alkyl halides is 2. The molecule has 2 fully saturated rings. The number of rotatable bonds is 33. The number of esters is 2. The van der Waals surface area contributed by atoms with E-state index in [1.807, 2.05) is 9.97 Å². The zero-order valence-electron chi connectivity index (χ0n) is 54.7. The normalized spacial score (nSPS) is 21.8. The second kappa shape index (κ2) is 38.6. The summed E-state index contributed by atoms with van der Waals surface area (Å²) >= 11 is 0. The van der Waals surface area contributed by atoms with E-state index in [2.05, 4.69) is 30.0 Å². The summed E-state index contributed by atoms with van der Waals surface area (Å²) < 4.78 is 154. The van der Waals surface area contributed by atoms with Crippen molar-refractivity contribution in [1.82, 2.24) is 24.4 Å². The molecule has 0 radical (unpaired) electrons. The molecule has 8 atom stereocenters. The fourth-order valence-electron chi connectivity index (χ4n) is 8.33. The molecule has 1 aromatic carbocycles. The van der Waals surface area contributed by atoms with Gasteiger partial charge in [-0.05, 0) is 74.8 Å². The monoisotopic (exact) mass is 1490 g/mol. The van der Waals surface area contributed by atoms with E-state index in [1.54, 1.807) is 30.3 Å². The van der Waals surface area contributed by atoms with Gasteiger partial charge in [-0.3, -0.25) is 42.5 Å². The van der Waals surface area contributed by atoms with Crippen molar-refractivity contribution in [3.8, 4) is 0 Å². The van der Waals surface area contributed by atoms with Crippen LogP contribution in [-0.4, -0.2) is 198 Å². The van der Waals surface area contributed by atoms with Gasteiger partial charge in [0.05, 0.1) is 37.6 Å². The van der Waals surface area contributed by atoms with E-state index in [0.717, 1.165) is 38.4 Å². The summed E-state index contributed by atoms with van der Waals surface area (Å²) in [7, 11) is -10.1. The predicted octanol–water partition coefficient (Wildman–Crippen LogP) is -0.562. The van der Waals surface area contributed by atoms with E-state index >= 15 is 4.39 Å². The van der Waals surface area contributed by atoms with Crippen LogP contribution in [0.1, 0.15) is 87.3 Å². The average molecular weight is 1490 g/mol. The molecule has 0 saturated carbocycles. The standard InChI is InChI=1S/C31H41FN3O18P.C23H35FN3O16P.ClH/c1-19(2)50-28(40)45-17-48-54(43,49-18-46-29(41)51-20(3)4)47-16-31(15-32)24(30(5,42)25(53-31)35-12-11-22(36)34-26(35)38)52-23(37)13-33-27(39)44-14-21-9-7-6-8-10-21;1-13(2)40-20(31)35-11-38-44(34,39-12-36-21(32)41-14(3)4)37-10-23(9-24)17(42-16(29)8-25)22(5,33)18(43-23)27-7-6-15(28)26-19(27)30;/h6-12,19-20,24-25,42H,13-18H2,1-5H3,(H,33,39)(H,34,36,38);6-7,13-14,17-18,33H,8-12,25H2,1-5H3,(H,26,28,30);1H/t24-,25+,30+,31+;17-,18+,22+,23+;/m00./s1. The molecule has 0 spiro atoms. The first-order chi connectivity index (χ1) is 45.9. The van der Waals surface area contributed by atoms with Gasteiger partial charge in [-0.15, -0.1) is 0 Å². The summed E-state index contributed by atoms with van der Waals surface area (Å²) in [6, 6.07) is 10.3. The van der Waals surface area contributed by atoms with Gasteiger partial charge in [0.1, 0.15) is 37.7 Å². The topological polar surface area (TPSA) is 519 Å². The summed E-state index contributed by atoms with van der Waals surface area (Å²) in [6.45, 7) is 2.37. The number of aliphatic hydroxyl groups is 2. The fourth-order valence-corrected chi connectivity index (χ4v) is 10.3. The van der Waals surface area contributed by atoms with E-state index in [4.69, 9.17) is 69.8 Å². The minimum absolute atomic E-state index is 0. The minimum atomic E-state index is -5.10. The van der Waals surface area contributed by atoms with Crippen LogP contribution in [0.4, 0.5) is 32.8 Å². The molecule has 3 aromatic rings. The third-order valence-corrected chi connectivity index (χ3v) is 15.1. The lowest BCUT2D eigenvalue weighted by Crippen LogP contribution is -3.00. The Kier molecular flexibility index (Phi) is 33.2. The van der Waals surface area contributed by atoms with Crippen LogP contribution in [0.2, 0.25) is 0 Å². The molecule has 2 aliphatic heterocycles. The summed E-state index contributed by atoms with van der Waals surface area (Å²) in [5.74, 6) is -2.31. The Morgan fingerprint density at radius 1 is 0.566 bits per heavy atom. The highest BCUT2D eigenvalue weighted by Gasteiger charge is 2.67. The van der Waals surface area contributed by atoms with Gasteiger partial charge in [-0.25, -0.2) is 74.4 Å². The largest absolute Gasteiger partial charge is 1.00 e. The summed E-state index contributed by atoms with van der Waals surface area (Å²) in [5.41, 5.74) is -9.94. The lowest BCUT2D eigenvalue weighted by molar-refractivity contribution is -0.361. The van der Waals surface area contributed by atoms with E-state index < -0.39 is 219 Å². The fraction of sp³-hybridized carbons (Fsp3) is 0.611. The van der Waals surface area contributed by atoms with Crippen LogP contribution in [0.5, 0.6) is 0 Å². The van der Waals surface area contributed by atoms with Gasteiger partial charge in [0.15, 0.2) is 42.4 Å². The van der Waals surface area contributed by atoms with Crippen molar-refractivity contribution < 1.29 is 169 Å². The number of benzene rings is 1. The number of hydrogen-bond acceptors (Lipinski definition) is 34. The Bertz CT molecular complexity index is 3460. The van der Waals surface area contributed by atoms with Gasteiger partial charge in [-0.1, -0.05) is 30.3 Å². The highest BCUT2D eigenvalue weighted by atomic mass is 35.5. The molecule has 40 nitrogen and oxygen atoms in total. The van der Waals surface area contributed by atoms with Crippen molar-refractivity contribution in [2.24, 2.45) is 0 Å². The van der Waals surface area contributed by atoms with Crippen molar-refractivity contribution in [2.75, 3.05) is 66.8 Å². The maximum atomic E-state index is 15.3. The number of carbonyl (C=O) groups is 7. The van der Waals surface area contributed by atoms with Crippen LogP contribution < -0.4 is 46.0 Å². The van der Waals surface area contributed by atoms with Gasteiger partial charge in [-0.2, -0.15) is 0 Å². The number of halogens is 3. The number of quaternary nitrogens is 1. The number of nitrogens with one attached hydrogen (secondary N) is 3. The Labute approximate surface area is 565 Å². The van der Waals surface area contributed by atoms with Crippen LogP contribution in [0, 0.1) is 0 Å². The van der Waals surface area contributed by atoms with E-state index in [0.29, 0.717) is 14.7 Å². The number of aromatic nitrogens is 4. The highest BCUT2D eigenvalue weighted by Crippen LogP contribution is 2.55. The first-order valence-electron chi connectivity index (χ1n) is 29.0. The zero-order chi connectivity index (χ0) is 73.4. The molecule has 2 aromatic heterocycles. The van der Waals surface area contributed by atoms with Gasteiger partial charge < -0.3 is 95.2 Å². The van der Waals surface area contributed by atoms with Crippen LogP contribution >= 0.6 is 15.6 Å². The number of amides is 1. The molecule has 558 valence electrons. The molecule has 4 heterocycles. The van der Waals surface area contributed by atoms with Crippen LogP contribution in [-0.2, 0) is 114 Å². The Morgan fingerprint density at radius 2 is 0.909 bits per heavy atom. The lowest BCUT2D eigenvalue weighted by Gasteiger charge is -2.34. The number of H-pyrrole nitrogens is 2. The molecule has 0 bridgehead atoms. The quantitative estimate of drug-likeness (QED) is 0.0193. The SMILES string of the molecule is CC(C)OC(=O)OCOP(=O)(OCOC(=O)OC(C)C)OC[C@@]1(CF)O[C@@H](n2ccc(=O)[nH]c2=O)[C@](C)(O)[C@@H]1OC(=O)CNC(=O)OCc1ccccc1.CC(C)OC(=O)OCOP(=O)(OCOC(=O)OC(C)C)OC[C@@]1(CF)O[C@@H](n2ccc(=O)[nH]c2=O)[C@](C)(O)[C@@H]1OC(=O)C[NH3+].[Cl-]. The summed E-state index contributed by atoms with van der Waals surface area (Å²) in [4.78, 5) is 137. The number of phosphoric acid groups is 2. The number of alkyl carbamates (subject to hydrolysis) is 1. The van der Waals surface area contributed by atoms with E-state index in [9.17, 15) is 76.5 Å². The maximum absolute atomic E-state index is 15.3. The van der Waals surface area contributed by atoms with Crippen LogP contribution in [0.3, 0.4) is 0 Å². The van der Waals surface area contributed by atoms with Crippen molar-refractivity contribution in [3.05, 3.63) is 102 Å². The number of carbonyl (C=O) groups excluding carboxylic acids is 7.